The van der Waals surface area contributed by atoms with Crippen LogP contribution in [0.3, 0.4) is 0 Å². The first-order valence-corrected chi connectivity index (χ1v) is 7.05. The minimum Gasteiger partial charge on any atom is -0.304 e. The lowest BCUT2D eigenvalue weighted by Crippen LogP contribution is -2.24. The Labute approximate surface area is 111 Å². The Bertz CT molecular complexity index is 352. The van der Waals surface area contributed by atoms with Crippen LogP contribution in [0.2, 0.25) is 0 Å². The van der Waals surface area contributed by atoms with Gasteiger partial charge in [-0.1, -0.05) is 45.0 Å². The standard InChI is InChI=1S/C16H25NO/c1-4-14-9-11-15(12-10-14)16(18)8-7-13-17(5-2)6-3/h9-12H,4-8,13H2,1-3H3. The van der Waals surface area contributed by atoms with Crippen LogP contribution in [0, 0.1) is 0 Å². The van der Waals surface area contributed by atoms with Crippen molar-refractivity contribution in [1.82, 2.24) is 4.90 Å². The zero-order valence-corrected chi connectivity index (χ0v) is 11.9. The Morgan fingerprint density at radius 3 is 2.17 bits per heavy atom. The van der Waals surface area contributed by atoms with E-state index < -0.39 is 0 Å². The average Bonchev–Trinajstić information content (AvgIpc) is 2.43. The summed E-state index contributed by atoms with van der Waals surface area (Å²) in [6.07, 6.45) is 2.63. The fraction of sp³-hybridized carbons (Fsp3) is 0.562. The molecule has 0 heterocycles. The summed E-state index contributed by atoms with van der Waals surface area (Å²) in [5.74, 6) is 0.268. The first-order chi connectivity index (χ1) is 8.71. The van der Waals surface area contributed by atoms with E-state index >= 15 is 0 Å². The lowest BCUT2D eigenvalue weighted by atomic mass is 10.0. The molecule has 0 aliphatic rings. The van der Waals surface area contributed by atoms with Crippen molar-refractivity contribution in [1.29, 1.82) is 0 Å². The fourth-order valence-corrected chi connectivity index (χ4v) is 2.07. The van der Waals surface area contributed by atoms with Crippen molar-refractivity contribution in [2.45, 2.75) is 40.0 Å². The number of benzene rings is 1. The van der Waals surface area contributed by atoms with E-state index in [4.69, 9.17) is 0 Å². The first kappa shape index (κ1) is 14.9. The molecule has 0 bridgehead atoms. The SMILES string of the molecule is CCc1ccc(C(=O)CCCN(CC)CC)cc1. The number of nitrogens with zero attached hydrogens (tertiary/aromatic N) is 1. The molecule has 2 nitrogen and oxygen atoms in total. The maximum Gasteiger partial charge on any atom is 0.162 e. The molecule has 0 unspecified atom stereocenters. The molecule has 18 heavy (non-hydrogen) atoms. The van der Waals surface area contributed by atoms with E-state index in [-0.39, 0.29) is 5.78 Å². The number of aryl methyl sites for hydroxylation is 1. The molecule has 0 aliphatic carbocycles. The van der Waals surface area contributed by atoms with E-state index in [1.165, 1.54) is 5.56 Å². The molecule has 1 rings (SSSR count). The molecule has 1 aromatic rings. The molecule has 0 radical (unpaired) electrons. The van der Waals surface area contributed by atoms with Gasteiger partial charge in [-0.25, -0.2) is 0 Å². The first-order valence-electron chi connectivity index (χ1n) is 7.05. The topological polar surface area (TPSA) is 20.3 Å². The summed E-state index contributed by atoms with van der Waals surface area (Å²) in [5.41, 5.74) is 2.14. The lowest BCUT2D eigenvalue weighted by Gasteiger charge is -2.17. The van der Waals surface area contributed by atoms with E-state index in [1.54, 1.807) is 0 Å². The monoisotopic (exact) mass is 247 g/mol. The van der Waals surface area contributed by atoms with Gasteiger partial charge in [0.15, 0.2) is 5.78 Å². The van der Waals surface area contributed by atoms with Crippen molar-refractivity contribution in [2.24, 2.45) is 0 Å². The van der Waals surface area contributed by atoms with Crippen LogP contribution in [-0.4, -0.2) is 30.3 Å². The third-order valence-corrected chi connectivity index (χ3v) is 3.46. The predicted molar refractivity (Wildman–Crippen MR) is 77.2 cm³/mol. The van der Waals surface area contributed by atoms with Crippen LogP contribution in [0.15, 0.2) is 24.3 Å². The predicted octanol–water partition coefficient (Wildman–Crippen LogP) is 3.55. The Hall–Kier alpha value is -1.15. The van der Waals surface area contributed by atoms with Gasteiger partial charge in [-0.2, -0.15) is 0 Å². The second kappa shape index (κ2) is 8.04. The molecule has 0 spiro atoms. The van der Waals surface area contributed by atoms with Crippen molar-refractivity contribution in [3.63, 3.8) is 0 Å². The van der Waals surface area contributed by atoms with E-state index in [9.17, 15) is 4.79 Å². The average molecular weight is 247 g/mol. The smallest absolute Gasteiger partial charge is 0.162 e. The third kappa shape index (κ3) is 4.61. The minimum absolute atomic E-state index is 0.268. The van der Waals surface area contributed by atoms with Crippen LogP contribution in [0.25, 0.3) is 0 Å². The van der Waals surface area contributed by atoms with E-state index in [0.717, 1.165) is 38.0 Å². The zero-order chi connectivity index (χ0) is 13.4. The summed E-state index contributed by atoms with van der Waals surface area (Å²) in [7, 11) is 0. The van der Waals surface area contributed by atoms with Crippen molar-refractivity contribution in [3.8, 4) is 0 Å². The Morgan fingerprint density at radius 1 is 1.06 bits per heavy atom. The summed E-state index contributed by atoms with van der Waals surface area (Å²) in [5, 5.41) is 0. The van der Waals surface area contributed by atoms with Crippen LogP contribution in [0.4, 0.5) is 0 Å². The van der Waals surface area contributed by atoms with Crippen LogP contribution in [0.1, 0.15) is 49.5 Å². The normalized spacial score (nSPS) is 10.9. The molecule has 0 saturated carbocycles. The van der Waals surface area contributed by atoms with Crippen LogP contribution in [-0.2, 0) is 6.42 Å². The highest BCUT2D eigenvalue weighted by molar-refractivity contribution is 5.96. The summed E-state index contributed by atoms with van der Waals surface area (Å²) in [6.45, 7) is 9.60. The van der Waals surface area contributed by atoms with Gasteiger partial charge in [-0.15, -0.1) is 0 Å². The van der Waals surface area contributed by atoms with Crippen LogP contribution >= 0.6 is 0 Å². The van der Waals surface area contributed by atoms with Gasteiger partial charge in [0.05, 0.1) is 0 Å². The molecule has 2 heteroatoms. The lowest BCUT2D eigenvalue weighted by molar-refractivity contribution is 0.0975. The second-order valence-electron chi connectivity index (χ2n) is 4.60. The molecule has 0 N–H and O–H groups in total. The number of rotatable bonds is 8. The Kier molecular flexibility index (Phi) is 6.66. The van der Waals surface area contributed by atoms with Gasteiger partial charge in [0.1, 0.15) is 0 Å². The van der Waals surface area contributed by atoms with Gasteiger partial charge in [0.25, 0.3) is 0 Å². The zero-order valence-electron chi connectivity index (χ0n) is 11.9. The molecule has 0 saturated heterocycles. The number of hydrogen-bond acceptors (Lipinski definition) is 2. The summed E-state index contributed by atoms with van der Waals surface area (Å²) in [6, 6.07) is 8.02. The molecule has 100 valence electrons. The third-order valence-electron chi connectivity index (χ3n) is 3.46. The summed E-state index contributed by atoms with van der Waals surface area (Å²) >= 11 is 0. The van der Waals surface area contributed by atoms with Crippen molar-refractivity contribution < 1.29 is 4.79 Å². The molecule has 0 atom stereocenters. The summed E-state index contributed by atoms with van der Waals surface area (Å²) < 4.78 is 0. The van der Waals surface area contributed by atoms with Gasteiger partial charge >= 0.3 is 0 Å². The van der Waals surface area contributed by atoms with Gasteiger partial charge in [0, 0.05) is 12.0 Å². The molecule has 0 amide bonds. The van der Waals surface area contributed by atoms with Gasteiger partial charge in [-0.05, 0) is 38.0 Å². The summed E-state index contributed by atoms with van der Waals surface area (Å²) in [4.78, 5) is 14.3. The highest BCUT2D eigenvalue weighted by Crippen LogP contribution is 2.09. The van der Waals surface area contributed by atoms with Gasteiger partial charge in [-0.3, -0.25) is 4.79 Å². The van der Waals surface area contributed by atoms with Crippen molar-refractivity contribution >= 4 is 5.78 Å². The van der Waals surface area contributed by atoms with Gasteiger partial charge < -0.3 is 4.90 Å². The number of carbonyl (C=O) groups is 1. The largest absolute Gasteiger partial charge is 0.304 e. The second-order valence-corrected chi connectivity index (χ2v) is 4.60. The number of carbonyl (C=O) groups excluding carboxylic acids is 1. The maximum absolute atomic E-state index is 12.0. The number of ketones is 1. The Balaban J connectivity index is 2.40. The molecular weight excluding hydrogens is 222 g/mol. The maximum atomic E-state index is 12.0. The van der Waals surface area contributed by atoms with Gasteiger partial charge in [0.2, 0.25) is 0 Å². The number of hydrogen-bond donors (Lipinski definition) is 0. The molecule has 0 aliphatic heterocycles. The highest BCUT2D eigenvalue weighted by atomic mass is 16.1. The highest BCUT2D eigenvalue weighted by Gasteiger charge is 2.06. The molecule has 0 aromatic heterocycles. The van der Waals surface area contributed by atoms with E-state index in [1.807, 2.05) is 12.1 Å². The quantitative estimate of drug-likeness (QED) is 0.655. The fourth-order valence-electron chi connectivity index (χ4n) is 2.07. The Morgan fingerprint density at radius 2 is 1.67 bits per heavy atom. The minimum atomic E-state index is 0.268. The van der Waals surface area contributed by atoms with Crippen LogP contribution in [0.5, 0.6) is 0 Å². The van der Waals surface area contributed by atoms with Crippen molar-refractivity contribution in [3.05, 3.63) is 35.4 Å². The molecule has 1 aromatic carbocycles. The van der Waals surface area contributed by atoms with Crippen LogP contribution < -0.4 is 0 Å². The molecule has 0 fully saturated rings. The molecular formula is C16H25NO. The number of Topliss-reactive ketones (excluding diaryl/α,β-unsaturated/α-hetero) is 1. The van der Waals surface area contributed by atoms with E-state index in [2.05, 4.69) is 37.8 Å². The van der Waals surface area contributed by atoms with E-state index in [0.29, 0.717) is 6.42 Å². The van der Waals surface area contributed by atoms with Crippen molar-refractivity contribution in [2.75, 3.05) is 19.6 Å².